The van der Waals surface area contributed by atoms with Crippen molar-refractivity contribution in [2.24, 2.45) is 0 Å². The van der Waals surface area contributed by atoms with E-state index in [2.05, 4.69) is 5.32 Å². The van der Waals surface area contributed by atoms with E-state index in [0.717, 1.165) is 17.9 Å². The van der Waals surface area contributed by atoms with Crippen LogP contribution >= 0.6 is 0 Å². The second kappa shape index (κ2) is 7.06. The topological polar surface area (TPSA) is 55.4 Å². The van der Waals surface area contributed by atoms with E-state index in [0.29, 0.717) is 12.4 Å². The highest BCUT2D eigenvalue weighted by atomic mass is 32.2. The van der Waals surface area contributed by atoms with Gasteiger partial charge in [-0.3, -0.25) is 9.00 Å². The van der Waals surface area contributed by atoms with Gasteiger partial charge in [0.05, 0.1) is 6.61 Å². The third-order valence-electron chi connectivity index (χ3n) is 2.02. The van der Waals surface area contributed by atoms with Crippen molar-refractivity contribution in [1.29, 1.82) is 0 Å². The molecule has 0 aromatic heterocycles. The standard InChI is InChI=1S/C12H17NO3S/c1-10(14)13-11-4-6-12(7-5-11)16-8-3-9-17(2)15/h4-7H,3,8-9H2,1-2H3,(H,13,14). The van der Waals surface area contributed by atoms with Gasteiger partial charge in [0, 0.05) is 35.4 Å². The van der Waals surface area contributed by atoms with Gasteiger partial charge in [-0.05, 0) is 30.7 Å². The van der Waals surface area contributed by atoms with Crippen molar-refractivity contribution >= 4 is 22.4 Å². The molecule has 0 saturated carbocycles. The average molecular weight is 255 g/mol. The summed E-state index contributed by atoms with van der Waals surface area (Å²) in [7, 11) is -0.761. The Kier molecular flexibility index (Phi) is 5.69. The number of ether oxygens (including phenoxy) is 1. The molecule has 0 aliphatic carbocycles. The average Bonchev–Trinajstić information content (AvgIpc) is 2.25. The van der Waals surface area contributed by atoms with Gasteiger partial charge in [0.15, 0.2) is 0 Å². The Morgan fingerprint density at radius 2 is 2.00 bits per heavy atom. The van der Waals surface area contributed by atoms with Crippen LogP contribution in [0.5, 0.6) is 5.75 Å². The molecule has 0 fully saturated rings. The van der Waals surface area contributed by atoms with Crippen molar-refractivity contribution < 1.29 is 13.7 Å². The number of carbonyl (C=O) groups excluding carboxylic acids is 1. The third-order valence-corrected chi connectivity index (χ3v) is 2.88. The van der Waals surface area contributed by atoms with Crippen molar-refractivity contribution in [1.82, 2.24) is 0 Å². The van der Waals surface area contributed by atoms with Gasteiger partial charge in [-0.15, -0.1) is 0 Å². The summed E-state index contributed by atoms with van der Waals surface area (Å²) in [5.41, 5.74) is 0.750. The summed E-state index contributed by atoms with van der Waals surface area (Å²) in [6, 6.07) is 7.17. The van der Waals surface area contributed by atoms with E-state index in [9.17, 15) is 9.00 Å². The number of amides is 1. The summed E-state index contributed by atoms with van der Waals surface area (Å²) in [6.07, 6.45) is 2.46. The van der Waals surface area contributed by atoms with Crippen LogP contribution in [-0.2, 0) is 15.6 Å². The number of nitrogens with one attached hydrogen (secondary N) is 1. The Morgan fingerprint density at radius 1 is 1.35 bits per heavy atom. The van der Waals surface area contributed by atoms with Gasteiger partial charge >= 0.3 is 0 Å². The summed E-state index contributed by atoms with van der Waals surface area (Å²) < 4.78 is 16.3. The molecule has 5 heteroatoms. The maximum atomic E-state index is 10.8. The molecule has 1 unspecified atom stereocenters. The van der Waals surface area contributed by atoms with Crippen molar-refractivity contribution in [3.63, 3.8) is 0 Å². The molecule has 0 spiro atoms. The number of rotatable bonds is 6. The van der Waals surface area contributed by atoms with Crippen LogP contribution in [0.3, 0.4) is 0 Å². The molecule has 0 radical (unpaired) electrons. The van der Waals surface area contributed by atoms with Gasteiger partial charge in [-0.25, -0.2) is 0 Å². The van der Waals surface area contributed by atoms with Crippen LogP contribution in [-0.4, -0.2) is 28.7 Å². The van der Waals surface area contributed by atoms with Crippen molar-refractivity contribution in [2.45, 2.75) is 13.3 Å². The number of anilines is 1. The van der Waals surface area contributed by atoms with E-state index in [1.54, 1.807) is 30.5 Å². The van der Waals surface area contributed by atoms with Crippen LogP contribution in [0.25, 0.3) is 0 Å². The molecule has 0 bridgehead atoms. The minimum absolute atomic E-state index is 0.0934. The lowest BCUT2D eigenvalue weighted by atomic mass is 10.3. The molecular formula is C12H17NO3S. The Bertz CT molecular complexity index is 389. The molecule has 0 heterocycles. The second-order valence-electron chi connectivity index (χ2n) is 3.68. The van der Waals surface area contributed by atoms with Gasteiger partial charge in [-0.2, -0.15) is 0 Å². The first-order valence-corrected chi connectivity index (χ1v) is 7.11. The predicted octanol–water partition coefficient (Wildman–Crippen LogP) is 1.79. The van der Waals surface area contributed by atoms with Crippen LogP contribution < -0.4 is 10.1 Å². The number of carbonyl (C=O) groups is 1. The van der Waals surface area contributed by atoms with Crippen molar-refractivity contribution in [3.05, 3.63) is 24.3 Å². The molecule has 1 aromatic carbocycles. The van der Waals surface area contributed by atoms with E-state index < -0.39 is 10.8 Å². The second-order valence-corrected chi connectivity index (χ2v) is 5.24. The van der Waals surface area contributed by atoms with Crippen molar-refractivity contribution in [3.8, 4) is 5.75 Å². The van der Waals surface area contributed by atoms with Crippen LogP contribution in [0.1, 0.15) is 13.3 Å². The molecule has 1 amide bonds. The van der Waals surface area contributed by atoms with Gasteiger partial charge in [0.2, 0.25) is 5.91 Å². The van der Waals surface area contributed by atoms with E-state index in [-0.39, 0.29) is 5.91 Å². The van der Waals surface area contributed by atoms with Crippen LogP contribution in [0, 0.1) is 0 Å². The lowest BCUT2D eigenvalue weighted by Crippen LogP contribution is -2.06. The number of hydrogen-bond acceptors (Lipinski definition) is 3. The maximum Gasteiger partial charge on any atom is 0.221 e. The summed E-state index contributed by atoms with van der Waals surface area (Å²) in [5, 5.41) is 2.68. The van der Waals surface area contributed by atoms with Gasteiger partial charge in [0.1, 0.15) is 5.75 Å². The first-order valence-electron chi connectivity index (χ1n) is 5.38. The first-order chi connectivity index (χ1) is 8.08. The minimum Gasteiger partial charge on any atom is -0.494 e. The van der Waals surface area contributed by atoms with Gasteiger partial charge in [0.25, 0.3) is 0 Å². The van der Waals surface area contributed by atoms with E-state index in [1.165, 1.54) is 6.92 Å². The molecule has 94 valence electrons. The predicted molar refractivity (Wildman–Crippen MR) is 69.8 cm³/mol. The highest BCUT2D eigenvalue weighted by Gasteiger charge is 1.97. The van der Waals surface area contributed by atoms with E-state index in [1.807, 2.05) is 0 Å². The van der Waals surface area contributed by atoms with Crippen LogP contribution in [0.2, 0.25) is 0 Å². The SMILES string of the molecule is CC(=O)Nc1ccc(OCCCS(C)=O)cc1. The fourth-order valence-corrected chi connectivity index (χ4v) is 1.81. The molecule has 4 nitrogen and oxygen atoms in total. The zero-order valence-electron chi connectivity index (χ0n) is 10.1. The summed E-state index contributed by atoms with van der Waals surface area (Å²) >= 11 is 0. The molecular weight excluding hydrogens is 238 g/mol. The van der Waals surface area contributed by atoms with Gasteiger partial charge < -0.3 is 10.1 Å². The Hall–Kier alpha value is -1.36. The lowest BCUT2D eigenvalue weighted by Gasteiger charge is -2.07. The maximum absolute atomic E-state index is 10.8. The molecule has 0 aliphatic rings. The largest absolute Gasteiger partial charge is 0.494 e. The fraction of sp³-hybridized carbons (Fsp3) is 0.417. The monoisotopic (exact) mass is 255 g/mol. The highest BCUT2D eigenvalue weighted by Crippen LogP contribution is 2.15. The van der Waals surface area contributed by atoms with Crippen LogP contribution in [0.15, 0.2) is 24.3 Å². The highest BCUT2D eigenvalue weighted by molar-refractivity contribution is 7.84. The molecule has 17 heavy (non-hydrogen) atoms. The minimum atomic E-state index is -0.761. The smallest absolute Gasteiger partial charge is 0.221 e. The zero-order valence-corrected chi connectivity index (χ0v) is 10.9. The number of hydrogen-bond donors (Lipinski definition) is 1. The van der Waals surface area contributed by atoms with Gasteiger partial charge in [-0.1, -0.05) is 0 Å². The number of benzene rings is 1. The zero-order chi connectivity index (χ0) is 12.7. The Morgan fingerprint density at radius 3 is 2.53 bits per heavy atom. The van der Waals surface area contributed by atoms with Crippen molar-refractivity contribution in [2.75, 3.05) is 23.9 Å². The molecule has 0 saturated heterocycles. The third kappa shape index (κ3) is 6.06. The van der Waals surface area contributed by atoms with Crippen LogP contribution in [0.4, 0.5) is 5.69 Å². The summed E-state index contributed by atoms with van der Waals surface area (Å²) in [5.74, 6) is 1.31. The quantitative estimate of drug-likeness (QED) is 0.788. The summed E-state index contributed by atoms with van der Waals surface area (Å²) in [4.78, 5) is 10.8. The first kappa shape index (κ1) is 13.7. The molecule has 1 aromatic rings. The Labute approximate surface area is 104 Å². The fourth-order valence-electron chi connectivity index (χ4n) is 1.29. The molecule has 0 aliphatic heterocycles. The molecule has 1 N–H and O–H groups in total. The summed E-state index contributed by atoms with van der Waals surface area (Å²) in [6.45, 7) is 2.02. The normalized spacial score (nSPS) is 11.9. The van der Waals surface area contributed by atoms with E-state index in [4.69, 9.17) is 4.74 Å². The lowest BCUT2D eigenvalue weighted by molar-refractivity contribution is -0.114. The molecule has 1 rings (SSSR count). The Balaban J connectivity index is 2.35. The van der Waals surface area contributed by atoms with E-state index >= 15 is 0 Å². The molecule has 1 atom stereocenters.